The van der Waals surface area contributed by atoms with E-state index in [9.17, 15) is 19.2 Å². The maximum absolute atomic E-state index is 12.5. The molecule has 0 bridgehead atoms. The van der Waals surface area contributed by atoms with E-state index >= 15 is 0 Å². The van der Waals surface area contributed by atoms with Crippen molar-refractivity contribution >= 4 is 23.6 Å². The second kappa shape index (κ2) is 14.5. The van der Waals surface area contributed by atoms with E-state index in [1.807, 2.05) is 19.9 Å². The third-order valence-electron chi connectivity index (χ3n) is 4.55. The van der Waals surface area contributed by atoms with Crippen LogP contribution in [0.5, 0.6) is 0 Å². The van der Waals surface area contributed by atoms with Gasteiger partial charge in [-0.05, 0) is 32.1 Å². The second-order valence-corrected chi connectivity index (χ2v) is 7.66. The molecule has 9 heteroatoms. The van der Waals surface area contributed by atoms with Crippen molar-refractivity contribution in [1.29, 1.82) is 0 Å². The van der Waals surface area contributed by atoms with Gasteiger partial charge in [0.2, 0.25) is 17.7 Å². The SMILES string of the molecule is C=CCCC.CNC(=O)C1CCCN(C(=O)C(C)NC(=O)C(NC(C)=O)C(C)C)N1. The van der Waals surface area contributed by atoms with Gasteiger partial charge in [-0.15, -0.1) is 6.58 Å². The molecule has 0 spiro atoms. The Morgan fingerprint density at radius 1 is 1.20 bits per heavy atom. The minimum absolute atomic E-state index is 0.114. The highest BCUT2D eigenvalue weighted by Gasteiger charge is 2.31. The summed E-state index contributed by atoms with van der Waals surface area (Å²) in [5, 5.41) is 9.15. The quantitative estimate of drug-likeness (QED) is 0.430. The van der Waals surface area contributed by atoms with E-state index < -0.39 is 24.0 Å². The summed E-state index contributed by atoms with van der Waals surface area (Å²) in [6.45, 7) is 12.7. The number of allylic oxidation sites excluding steroid dienone is 1. The molecule has 0 aromatic carbocycles. The van der Waals surface area contributed by atoms with Crippen molar-refractivity contribution < 1.29 is 19.2 Å². The summed E-state index contributed by atoms with van der Waals surface area (Å²) in [4.78, 5) is 47.9. The van der Waals surface area contributed by atoms with Gasteiger partial charge in [0, 0.05) is 20.5 Å². The average molecular weight is 426 g/mol. The van der Waals surface area contributed by atoms with Crippen LogP contribution in [0.15, 0.2) is 12.7 Å². The van der Waals surface area contributed by atoms with Gasteiger partial charge in [0.05, 0.1) is 0 Å². The normalized spacial score (nSPS) is 17.7. The molecular weight excluding hydrogens is 386 g/mol. The minimum atomic E-state index is -0.779. The van der Waals surface area contributed by atoms with E-state index in [4.69, 9.17) is 0 Å². The zero-order valence-corrected chi connectivity index (χ0v) is 19.2. The molecule has 0 aliphatic carbocycles. The summed E-state index contributed by atoms with van der Waals surface area (Å²) < 4.78 is 0. The molecule has 0 saturated carbocycles. The number of hydrazine groups is 1. The van der Waals surface area contributed by atoms with E-state index in [-0.39, 0.29) is 23.6 Å². The molecule has 1 fully saturated rings. The molecule has 0 aromatic heterocycles. The van der Waals surface area contributed by atoms with Gasteiger partial charge in [-0.2, -0.15) is 0 Å². The Morgan fingerprint density at radius 2 is 1.83 bits per heavy atom. The molecule has 4 amide bonds. The van der Waals surface area contributed by atoms with E-state index in [1.54, 1.807) is 14.0 Å². The lowest BCUT2D eigenvalue weighted by Crippen LogP contribution is -2.61. The number of rotatable bonds is 8. The Kier molecular flexibility index (Phi) is 13.4. The Labute approximate surface area is 180 Å². The van der Waals surface area contributed by atoms with Crippen molar-refractivity contribution in [3.8, 4) is 0 Å². The zero-order chi connectivity index (χ0) is 23.3. The average Bonchev–Trinajstić information content (AvgIpc) is 2.71. The first-order valence-electron chi connectivity index (χ1n) is 10.6. The maximum Gasteiger partial charge on any atom is 0.258 e. The predicted octanol–water partition coefficient (Wildman–Crippen LogP) is 0.866. The van der Waals surface area contributed by atoms with E-state index in [1.165, 1.54) is 18.4 Å². The van der Waals surface area contributed by atoms with Gasteiger partial charge in [0.15, 0.2) is 0 Å². The first kappa shape index (κ1) is 27.6. The maximum atomic E-state index is 12.5. The van der Waals surface area contributed by atoms with Crippen molar-refractivity contribution in [2.75, 3.05) is 13.6 Å². The van der Waals surface area contributed by atoms with E-state index in [0.29, 0.717) is 19.4 Å². The first-order valence-corrected chi connectivity index (χ1v) is 10.6. The van der Waals surface area contributed by atoms with Gasteiger partial charge in [-0.3, -0.25) is 24.2 Å². The topological polar surface area (TPSA) is 120 Å². The van der Waals surface area contributed by atoms with Gasteiger partial charge in [0.1, 0.15) is 18.1 Å². The number of likely N-dealkylation sites (N-methyl/N-ethyl adjacent to an activating group) is 1. The summed E-state index contributed by atoms with van der Waals surface area (Å²) in [5.74, 6) is -1.34. The zero-order valence-electron chi connectivity index (χ0n) is 19.2. The van der Waals surface area contributed by atoms with Crippen LogP contribution in [0.4, 0.5) is 0 Å². The molecule has 30 heavy (non-hydrogen) atoms. The third-order valence-corrected chi connectivity index (χ3v) is 4.55. The number of hydrogen-bond donors (Lipinski definition) is 4. The number of nitrogens with one attached hydrogen (secondary N) is 4. The van der Waals surface area contributed by atoms with Gasteiger partial charge in [-0.25, -0.2) is 5.43 Å². The predicted molar refractivity (Wildman–Crippen MR) is 117 cm³/mol. The highest BCUT2D eigenvalue weighted by molar-refractivity contribution is 5.92. The van der Waals surface area contributed by atoms with Crippen LogP contribution in [0.25, 0.3) is 0 Å². The number of carbonyl (C=O) groups is 4. The Hall–Kier alpha value is -2.42. The van der Waals surface area contributed by atoms with Gasteiger partial charge in [0.25, 0.3) is 5.91 Å². The van der Waals surface area contributed by atoms with Crippen molar-refractivity contribution in [2.45, 2.75) is 78.4 Å². The first-order chi connectivity index (χ1) is 14.1. The molecule has 3 atom stereocenters. The molecule has 1 rings (SSSR count). The number of unbranched alkanes of at least 4 members (excludes halogenated alkanes) is 1. The van der Waals surface area contributed by atoms with Crippen LogP contribution in [0.2, 0.25) is 0 Å². The van der Waals surface area contributed by atoms with E-state index in [0.717, 1.165) is 6.42 Å². The highest BCUT2D eigenvalue weighted by atomic mass is 16.2. The number of nitrogens with zero attached hydrogens (tertiary/aromatic N) is 1. The lowest BCUT2D eigenvalue weighted by molar-refractivity contribution is -0.143. The van der Waals surface area contributed by atoms with Crippen molar-refractivity contribution in [1.82, 2.24) is 26.4 Å². The molecule has 172 valence electrons. The Morgan fingerprint density at radius 3 is 2.27 bits per heavy atom. The minimum Gasteiger partial charge on any atom is -0.358 e. The largest absolute Gasteiger partial charge is 0.358 e. The van der Waals surface area contributed by atoms with Crippen molar-refractivity contribution in [3.63, 3.8) is 0 Å². The standard InChI is InChI=1S/C16H29N5O4.C5H10/c1-9(2)13(19-11(4)22)15(24)18-10(3)16(25)21-8-6-7-12(20-21)14(23)17-5;1-3-5-4-2/h9-10,12-13,20H,6-8H2,1-5H3,(H,17,23)(H,18,24)(H,19,22);3H,1,4-5H2,2H3. The molecule has 1 saturated heterocycles. The summed E-state index contributed by atoms with van der Waals surface area (Å²) in [6.07, 6.45) is 5.64. The number of carbonyl (C=O) groups excluding carboxylic acids is 4. The van der Waals surface area contributed by atoms with Gasteiger partial charge < -0.3 is 16.0 Å². The fraction of sp³-hybridized carbons (Fsp3) is 0.714. The van der Waals surface area contributed by atoms with Gasteiger partial charge in [-0.1, -0.05) is 33.3 Å². The molecule has 0 radical (unpaired) electrons. The number of amides is 4. The second-order valence-electron chi connectivity index (χ2n) is 7.66. The monoisotopic (exact) mass is 425 g/mol. The van der Waals surface area contributed by atoms with Crippen molar-refractivity contribution in [3.05, 3.63) is 12.7 Å². The summed E-state index contributed by atoms with van der Waals surface area (Å²) >= 11 is 0. The molecule has 1 aliphatic heterocycles. The summed E-state index contributed by atoms with van der Waals surface area (Å²) in [6, 6.07) is -1.95. The molecule has 1 heterocycles. The number of hydrogen-bond acceptors (Lipinski definition) is 5. The highest BCUT2D eigenvalue weighted by Crippen LogP contribution is 2.09. The summed E-state index contributed by atoms with van der Waals surface area (Å²) in [5.41, 5.74) is 2.89. The van der Waals surface area contributed by atoms with Crippen LogP contribution in [0.3, 0.4) is 0 Å². The van der Waals surface area contributed by atoms with Crippen LogP contribution >= 0.6 is 0 Å². The molecule has 3 unspecified atom stereocenters. The Balaban J connectivity index is 0.00000150. The lowest BCUT2D eigenvalue weighted by atomic mass is 10.0. The fourth-order valence-electron chi connectivity index (χ4n) is 2.87. The van der Waals surface area contributed by atoms with Gasteiger partial charge >= 0.3 is 0 Å². The molecular formula is C21H39N5O4. The molecule has 0 aromatic rings. The molecule has 4 N–H and O–H groups in total. The fourth-order valence-corrected chi connectivity index (χ4v) is 2.87. The van der Waals surface area contributed by atoms with E-state index in [2.05, 4.69) is 34.9 Å². The Bertz CT molecular complexity index is 594. The van der Waals surface area contributed by atoms with Crippen molar-refractivity contribution in [2.24, 2.45) is 5.92 Å². The van der Waals surface area contributed by atoms with Crippen LogP contribution in [-0.2, 0) is 19.2 Å². The van der Waals surface area contributed by atoms with Crippen LogP contribution in [0, 0.1) is 5.92 Å². The lowest BCUT2D eigenvalue weighted by Gasteiger charge is -2.34. The molecule has 9 nitrogen and oxygen atoms in total. The van der Waals surface area contributed by atoms with Crippen LogP contribution in [-0.4, -0.2) is 60.4 Å². The third kappa shape index (κ3) is 9.87. The summed E-state index contributed by atoms with van der Waals surface area (Å²) in [7, 11) is 1.54. The molecule has 1 aliphatic rings. The van der Waals surface area contributed by atoms with Crippen LogP contribution in [0.1, 0.15) is 60.3 Å². The van der Waals surface area contributed by atoms with Crippen LogP contribution < -0.4 is 21.4 Å². The smallest absolute Gasteiger partial charge is 0.258 e.